The molecule has 0 spiro atoms. The summed E-state index contributed by atoms with van der Waals surface area (Å²) in [5.41, 5.74) is 0. The van der Waals surface area contributed by atoms with E-state index >= 15 is 0 Å². The molecule has 1 saturated heterocycles. The lowest BCUT2D eigenvalue weighted by molar-refractivity contribution is -0.115. The Labute approximate surface area is 54.6 Å². The predicted octanol–water partition coefficient (Wildman–Crippen LogP) is -0.0593. The van der Waals surface area contributed by atoms with Crippen molar-refractivity contribution in [2.45, 2.75) is 18.9 Å². The van der Waals surface area contributed by atoms with Crippen molar-refractivity contribution in [3.8, 4) is 12.3 Å². The summed E-state index contributed by atoms with van der Waals surface area (Å²) in [6, 6.07) is -0.0463. The number of carbonyl (C=O) groups excluding carboxylic acids is 1. The maximum Gasteiger partial charge on any atom is 0.222 e. The fourth-order valence-corrected chi connectivity index (χ4v) is 1.01. The number of terminal acetylenes is 1. The summed E-state index contributed by atoms with van der Waals surface area (Å²) in [5.74, 6) is 2.00. The smallest absolute Gasteiger partial charge is 0.222 e. The third kappa shape index (κ3) is 1.30. The van der Waals surface area contributed by atoms with E-state index < -0.39 is 0 Å². The first-order valence-corrected chi connectivity index (χ1v) is 3.08. The first-order chi connectivity index (χ1) is 4.34. The maximum absolute atomic E-state index is 10.7. The van der Waals surface area contributed by atoms with Gasteiger partial charge in [0.15, 0.2) is 0 Å². The Kier molecular flexibility index (Phi) is 1.86. The van der Waals surface area contributed by atoms with Gasteiger partial charge in [0, 0.05) is 0 Å². The van der Waals surface area contributed by atoms with Crippen LogP contribution in [0.25, 0.3) is 0 Å². The van der Waals surface area contributed by atoms with Crippen LogP contribution in [0, 0.1) is 12.3 Å². The third-order valence-corrected chi connectivity index (χ3v) is 1.52. The standard InChI is InChI=1S/C7H9NO/c1-2-7(9)6-4-3-5-8-6/h1,6,8H,3-5H2/t6-/m0/s1. The van der Waals surface area contributed by atoms with Gasteiger partial charge in [-0.2, -0.15) is 0 Å². The second kappa shape index (κ2) is 2.65. The first-order valence-electron chi connectivity index (χ1n) is 3.08. The summed E-state index contributed by atoms with van der Waals surface area (Å²) in [6.07, 6.45) is 6.89. The normalized spacial score (nSPS) is 25.4. The van der Waals surface area contributed by atoms with Gasteiger partial charge in [0.1, 0.15) is 0 Å². The van der Waals surface area contributed by atoms with Crippen molar-refractivity contribution < 1.29 is 4.79 Å². The van der Waals surface area contributed by atoms with Crippen LogP contribution in [0.3, 0.4) is 0 Å². The second-order valence-electron chi connectivity index (χ2n) is 2.16. The van der Waals surface area contributed by atoms with Crippen LogP contribution in [-0.2, 0) is 4.79 Å². The zero-order valence-electron chi connectivity index (χ0n) is 5.18. The van der Waals surface area contributed by atoms with Crippen LogP contribution in [0.1, 0.15) is 12.8 Å². The average molecular weight is 123 g/mol. The Hall–Kier alpha value is -0.810. The molecule has 0 radical (unpaired) electrons. The van der Waals surface area contributed by atoms with Crippen molar-refractivity contribution in [3.05, 3.63) is 0 Å². The molecule has 0 unspecified atom stereocenters. The Morgan fingerprint density at radius 3 is 3.00 bits per heavy atom. The first kappa shape index (κ1) is 6.31. The summed E-state index contributed by atoms with van der Waals surface area (Å²) in [5, 5.41) is 3.02. The molecule has 1 N–H and O–H groups in total. The summed E-state index contributed by atoms with van der Waals surface area (Å²) in [4.78, 5) is 10.7. The molecule has 0 amide bonds. The van der Waals surface area contributed by atoms with Crippen LogP contribution in [-0.4, -0.2) is 18.4 Å². The van der Waals surface area contributed by atoms with Crippen molar-refractivity contribution in [3.63, 3.8) is 0 Å². The molecular weight excluding hydrogens is 114 g/mol. The fourth-order valence-electron chi connectivity index (χ4n) is 1.01. The summed E-state index contributed by atoms with van der Waals surface area (Å²) >= 11 is 0. The van der Waals surface area contributed by atoms with E-state index in [1.165, 1.54) is 0 Å². The molecule has 48 valence electrons. The van der Waals surface area contributed by atoms with E-state index in [2.05, 4.69) is 11.2 Å². The van der Waals surface area contributed by atoms with E-state index in [4.69, 9.17) is 6.42 Å². The lowest BCUT2D eigenvalue weighted by Gasteiger charge is -2.00. The highest BCUT2D eigenvalue weighted by molar-refractivity contribution is 5.99. The minimum absolute atomic E-state index is 0.0463. The van der Waals surface area contributed by atoms with Gasteiger partial charge in [-0.1, -0.05) is 0 Å². The quantitative estimate of drug-likeness (QED) is 0.391. The van der Waals surface area contributed by atoms with Gasteiger partial charge in [-0.3, -0.25) is 4.79 Å². The number of carbonyl (C=O) groups is 1. The lowest BCUT2D eigenvalue weighted by Crippen LogP contribution is -2.29. The SMILES string of the molecule is C#CC(=O)[C@@H]1CCCN1. The van der Waals surface area contributed by atoms with Gasteiger partial charge in [0.05, 0.1) is 6.04 Å². The molecule has 1 heterocycles. The highest BCUT2D eigenvalue weighted by Gasteiger charge is 2.19. The minimum Gasteiger partial charge on any atom is -0.307 e. The molecule has 0 aromatic carbocycles. The monoisotopic (exact) mass is 123 g/mol. The zero-order chi connectivity index (χ0) is 6.69. The number of rotatable bonds is 1. The van der Waals surface area contributed by atoms with Crippen molar-refractivity contribution in [2.24, 2.45) is 0 Å². The Morgan fingerprint density at radius 2 is 2.56 bits per heavy atom. The number of ketones is 1. The zero-order valence-corrected chi connectivity index (χ0v) is 5.18. The summed E-state index contributed by atoms with van der Waals surface area (Å²) < 4.78 is 0. The Bertz CT molecular complexity index is 151. The van der Waals surface area contributed by atoms with Crippen molar-refractivity contribution in [1.29, 1.82) is 0 Å². The van der Waals surface area contributed by atoms with Gasteiger partial charge in [0.2, 0.25) is 5.78 Å². The van der Waals surface area contributed by atoms with E-state index in [0.29, 0.717) is 0 Å². The molecule has 1 fully saturated rings. The van der Waals surface area contributed by atoms with Crippen molar-refractivity contribution in [1.82, 2.24) is 5.32 Å². The van der Waals surface area contributed by atoms with Gasteiger partial charge in [0.25, 0.3) is 0 Å². The van der Waals surface area contributed by atoms with Crippen molar-refractivity contribution in [2.75, 3.05) is 6.54 Å². The van der Waals surface area contributed by atoms with Crippen LogP contribution in [0.15, 0.2) is 0 Å². The lowest BCUT2D eigenvalue weighted by atomic mass is 10.1. The number of nitrogens with one attached hydrogen (secondary N) is 1. The molecule has 0 aliphatic carbocycles. The third-order valence-electron chi connectivity index (χ3n) is 1.52. The Morgan fingerprint density at radius 1 is 1.78 bits per heavy atom. The molecule has 1 aliphatic rings. The Balaban J connectivity index is 2.44. The van der Waals surface area contributed by atoms with Crippen molar-refractivity contribution >= 4 is 5.78 Å². The highest BCUT2D eigenvalue weighted by Crippen LogP contribution is 2.04. The molecule has 2 heteroatoms. The van der Waals surface area contributed by atoms with Gasteiger partial charge < -0.3 is 5.32 Å². The second-order valence-corrected chi connectivity index (χ2v) is 2.16. The highest BCUT2D eigenvalue weighted by atomic mass is 16.1. The topological polar surface area (TPSA) is 29.1 Å². The van der Waals surface area contributed by atoms with E-state index in [1.807, 2.05) is 0 Å². The largest absolute Gasteiger partial charge is 0.307 e. The molecule has 0 saturated carbocycles. The average Bonchev–Trinajstić information content (AvgIpc) is 2.37. The fraction of sp³-hybridized carbons (Fsp3) is 0.571. The summed E-state index contributed by atoms with van der Waals surface area (Å²) in [6.45, 7) is 0.929. The van der Waals surface area contributed by atoms with Crippen LogP contribution in [0.4, 0.5) is 0 Å². The molecule has 1 rings (SSSR count). The molecule has 2 nitrogen and oxygen atoms in total. The molecule has 0 aromatic heterocycles. The van der Waals surface area contributed by atoms with E-state index in [-0.39, 0.29) is 11.8 Å². The number of hydrogen-bond acceptors (Lipinski definition) is 2. The van der Waals surface area contributed by atoms with Gasteiger partial charge in [-0.25, -0.2) is 0 Å². The molecule has 1 aliphatic heterocycles. The number of hydrogen-bond donors (Lipinski definition) is 1. The van der Waals surface area contributed by atoms with E-state index in [0.717, 1.165) is 19.4 Å². The molecule has 0 aromatic rings. The van der Waals surface area contributed by atoms with Crippen LogP contribution < -0.4 is 5.32 Å². The summed E-state index contributed by atoms with van der Waals surface area (Å²) in [7, 11) is 0. The molecule has 1 atom stereocenters. The van der Waals surface area contributed by atoms with Gasteiger partial charge >= 0.3 is 0 Å². The molecule has 9 heavy (non-hydrogen) atoms. The molecule has 0 bridgehead atoms. The van der Waals surface area contributed by atoms with Gasteiger partial charge in [-0.05, 0) is 25.3 Å². The predicted molar refractivity (Wildman–Crippen MR) is 34.9 cm³/mol. The number of Topliss-reactive ketones (excluding diaryl/α,β-unsaturated/α-hetero) is 1. The van der Waals surface area contributed by atoms with E-state index in [1.54, 1.807) is 0 Å². The van der Waals surface area contributed by atoms with Crippen LogP contribution >= 0.6 is 0 Å². The van der Waals surface area contributed by atoms with E-state index in [9.17, 15) is 4.79 Å². The minimum atomic E-state index is -0.104. The van der Waals surface area contributed by atoms with Crippen LogP contribution in [0.5, 0.6) is 0 Å². The molecular formula is C7H9NO. The van der Waals surface area contributed by atoms with Crippen LogP contribution in [0.2, 0.25) is 0 Å². The van der Waals surface area contributed by atoms with Gasteiger partial charge in [-0.15, -0.1) is 6.42 Å². The maximum atomic E-state index is 10.7.